The summed E-state index contributed by atoms with van der Waals surface area (Å²) in [6.45, 7) is 1.17. The summed E-state index contributed by atoms with van der Waals surface area (Å²) in [6, 6.07) is 14.2. The van der Waals surface area contributed by atoms with Crippen molar-refractivity contribution >= 4 is 11.9 Å². The largest absolute Gasteiger partial charge is 0.491 e. The number of ether oxygens (including phenoxy) is 1. The Labute approximate surface area is 184 Å². The molecule has 0 aliphatic heterocycles. The number of alkyl halides is 3. The van der Waals surface area contributed by atoms with E-state index in [0.29, 0.717) is 24.4 Å². The zero-order valence-corrected chi connectivity index (χ0v) is 17.5. The van der Waals surface area contributed by atoms with E-state index in [1.807, 2.05) is 30.3 Å². The van der Waals surface area contributed by atoms with Gasteiger partial charge in [-0.15, -0.1) is 0 Å². The number of hydrogen-bond acceptors (Lipinski definition) is 4. The maximum atomic E-state index is 12.9. The van der Waals surface area contributed by atoms with Crippen LogP contribution in [0.15, 0.2) is 48.5 Å². The lowest BCUT2D eigenvalue weighted by atomic mass is 10.0. The maximum absolute atomic E-state index is 12.9. The van der Waals surface area contributed by atoms with Gasteiger partial charge in [0.2, 0.25) is 0 Å². The van der Waals surface area contributed by atoms with Gasteiger partial charge in [0.15, 0.2) is 0 Å². The maximum Gasteiger partial charge on any atom is 0.491 e. The summed E-state index contributed by atoms with van der Waals surface area (Å²) in [7, 11) is 0. The lowest BCUT2D eigenvalue weighted by molar-refractivity contribution is -0.189. The Kier molecular flexibility index (Phi) is 6.50. The van der Waals surface area contributed by atoms with Crippen molar-refractivity contribution in [1.29, 1.82) is 0 Å². The highest BCUT2D eigenvalue weighted by Gasteiger charge is 2.45. The van der Waals surface area contributed by atoms with E-state index in [-0.39, 0.29) is 23.3 Å². The van der Waals surface area contributed by atoms with Crippen LogP contribution in [0, 0.1) is 5.92 Å². The third-order valence-corrected chi connectivity index (χ3v) is 5.81. The second kappa shape index (κ2) is 9.32. The molecule has 2 fully saturated rings. The Bertz CT molecular complexity index is 974. The number of rotatable bonds is 9. The summed E-state index contributed by atoms with van der Waals surface area (Å²) in [4.78, 5) is 24.4. The standard InChI is InChI=1S/C24H25F3N2O3/c25-24(26,27)23(31)32-21-17(19-13-20(19)29-14-16-9-10-16)7-4-8-18(21)22(30)28-12-11-15-5-2-1-3-6-15/h1-8,16,19-20,29H,9-14H2,(H,28,30). The van der Waals surface area contributed by atoms with Gasteiger partial charge in [-0.3, -0.25) is 4.79 Å². The van der Waals surface area contributed by atoms with Gasteiger partial charge < -0.3 is 15.4 Å². The Morgan fingerprint density at radius 2 is 1.78 bits per heavy atom. The van der Waals surface area contributed by atoms with E-state index in [1.54, 1.807) is 12.1 Å². The Morgan fingerprint density at radius 1 is 1.03 bits per heavy atom. The molecule has 2 aromatic carbocycles. The molecule has 170 valence electrons. The topological polar surface area (TPSA) is 67.4 Å². The summed E-state index contributed by atoms with van der Waals surface area (Å²) in [6.07, 6.45) is -1.47. The molecule has 2 unspecified atom stereocenters. The number of amides is 1. The lowest BCUT2D eigenvalue weighted by Gasteiger charge is -2.16. The smallest absolute Gasteiger partial charge is 0.419 e. The molecule has 8 heteroatoms. The normalized spacial score (nSPS) is 20.0. The predicted octanol–water partition coefficient (Wildman–Crippen LogP) is 3.98. The van der Waals surface area contributed by atoms with Crippen LogP contribution in [0.2, 0.25) is 0 Å². The van der Waals surface area contributed by atoms with Crippen LogP contribution in [-0.2, 0) is 11.2 Å². The Balaban J connectivity index is 1.49. The monoisotopic (exact) mass is 446 g/mol. The SMILES string of the molecule is O=C(NCCc1ccccc1)c1cccc(C2CC2NCC2CC2)c1OC(=O)C(F)(F)F. The van der Waals surface area contributed by atoms with E-state index < -0.39 is 18.1 Å². The second-order valence-electron chi connectivity index (χ2n) is 8.40. The highest BCUT2D eigenvalue weighted by Crippen LogP contribution is 2.46. The minimum Gasteiger partial charge on any atom is -0.419 e. The minimum absolute atomic E-state index is 0.0685. The molecule has 0 bridgehead atoms. The molecule has 5 nitrogen and oxygen atoms in total. The zero-order valence-electron chi connectivity index (χ0n) is 17.5. The molecule has 0 radical (unpaired) electrons. The number of carbonyl (C=O) groups excluding carboxylic acids is 2. The van der Waals surface area contributed by atoms with Gasteiger partial charge in [-0.05, 0) is 49.8 Å². The molecule has 0 spiro atoms. The first kappa shape index (κ1) is 22.3. The molecule has 2 aliphatic carbocycles. The van der Waals surface area contributed by atoms with Crippen molar-refractivity contribution in [2.75, 3.05) is 13.1 Å². The molecule has 2 atom stereocenters. The number of para-hydroxylation sites is 1. The number of nitrogens with one attached hydrogen (secondary N) is 2. The van der Waals surface area contributed by atoms with E-state index in [9.17, 15) is 22.8 Å². The van der Waals surface area contributed by atoms with Crippen LogP contribution in [-0.4, -0.2) is 37.2 Å². The molecule has 4 rings (SSSR count). The molecular weight excluding hydrogens is 421 g/mol. The van der Waals surface area contributed by atoms with Gasteiger partial charge >= 0.3 is 12.1 Å². The Morgan fingerprint density at radius 3 is 2.47 bits per heavy atom. The minimum atomic E-state index is -5.15. The molecule has 0 saturated heterocycles. The first-order valence-corrected chi connectivity index (χ1v) is 10.8. The molecular formula is C24H25F3N2O3. The van der Waals surface area contributed by atoms with Crippen molar-refractivity contribution in [1.82, 2.24) is 10.6 Å². The Hall–Kier alpha value is -2.87. The number of hydrogen-bond donors (Lipinski definition) is 2. The molecule has 1 amide bonds. The van der Waals surface area contributed by atoms with Crippen molar-refractivity contribution in [3.63, 3.8) is 0 Å². The average molecular weight is 446 g/mol. The molecule has 0 heterocycles. The molecule has 32 heavy (non-hydrogen) atoms. The van der Waals surface area contributed by atoms with Crippen molar-refractivity contribution < 1.29 is 27.5 Å². The van der Waals surface area contributed by atoms with E-state index in [0.717, 1.165) is 18.5 Å². The fourth-order valence-corrected chi connectivity index (χ4v) is 3.75. The van der Waals surface area contributed by atoms with Gasteiger partial charge in [0, 0.05) is 24.1 Å². The van der Waals surface area contributed by atoms with E-state index in [2.05, 4.69) is 10.6 Å². The van der Waals surface area contributed by atoms with Crippen LogP contribution >= 0.6 is 0 Å². The van der Waals surface area contributed by atoms with Gasteiger partial charge in [-0.2, -0.15) is 13.2 Å². The predicted molar refractivity (Wildman–Crippen MR) is 112 cm³/mol. The van der Waals surface area contributed by atoms with E-state index >= 15 is 0 Å². The van der Waals surface area contributed by atoms with Crippen molar-refractivity contribution in [3.05, 3.63) is 65.2 Å². The highest BCUT2D eigenvalue weighted by atomic mass is 19.4. The van der Waals surface area contributed by atoms with E-state index in [1.165, 1.54) is 18.9 Å². The first-order chi connectivity index (χ1) is 15.3. The number of carbonyl (C=O) groups is 2. The molecule has 2 aliphatic rings. The van der Waals surface area contributed by atoms with Gasteiger partial charge in [-0.1, -0.05) is 42.5 Å². The average Bonchev–Trinajstić information content (AvgIpc) is 3.67. The number of esters is 1. The van der Waals surface area contributed by atoms with Crippen LogP contribution in [0.1, 0.15) is 46.7 Å². The second-order valence-corrected chi connectivity index (χ2v) is 8.40. The summed E-state index contributed by atoms with van der Waals surface area (Å²) in [5.74, 6) is -2.63. The zero-order chi connectivity index (χ0) is 22.7. The van der Waals surface area contributed by atoms with Crippen LogP contribution in [0.4, 0.5) is 13.2 Å². The quantitative estimate of drug-likeness (QED) is 0.452. The van der Waals surface area contributed by atoms with Crippen LogP contribution in [0.25, 0.3) is 0 Å². The molecule has 2 N–H and O–H groups in total. The molecule has 0 aromatic heterocycles. The molecule has 2 saturated carbocycles. The van der Waals surface area contributed by atoms with E-state index in [4.69, 9.17) is 4.74 Å². The third kappa shape index (κ3) is 5.68. The lowest BCUT2D eigenvalue weighted by Crippen LogP contribution is -2.31. The van der Waals surface area contributed by atoms with Crippen LogP contribution < -0.4 is 15.4 Å². The van der Waals surface area contributed by atoms with Gasteiger partial charge in [0.1, 0.15) is 5.75 Å². The number of halogens is 3. The highest BCUT2D eigenvalue weighted by molar-refractivity contribution is 5.98. The van der Waals surface area contributed by atoms with Gasteiger partial charge in [0.05, 0.1) is 5.56 Å². The number of benzene rings is 2. The van der Waals surface area contributed by atoms with Crippen LogP contribution in [0.5, 0.6) is 5.75 Å². The van der Waals surface area contributed by atoms with Crippen molar-refractivity contribution in [2.45, 2.75) is 43.8 Å². The van der Waals surface area contributed by atoms with Crippen LogP contribution in [0.3, 0.4) is 0 Å². The van der Waals surface area contributed by atoms with Crippen molar-refractivity contribution in [2.24, 2.45) is 5.92 Å². The fourth-order valence-electron chi connectivity index (χ4n) is 3.75. The summed E-state index contributed by atoms with van der Waals surface area (Å²) in [5.41, 5.74) is 1.40. The summed E-state index contributed by atoms with van der Waals surface area (Å²) < 4.78 is 43.5. The molecule has 2 aromatic rings. The summed E-state index contributed by atoms with van der Waals surface area (Å²) in [5, 5.41) is 6.13. The third-order valence-electron chi connectivity index (χ3n) is 5.81. The van der Waals surface area contributed by atoms with Gasteiger partial charge in [-0.25, -0.2) is 4.79 Å². The van der Waals surface area contributed by atoms with Crippen molar-refractivity contribution in [3.8, 4) is 5.75 Å². The summed E-state index contributed by atoms with van der Waals surface area (Å²) >= 11 is 0. The fraction of sp³-hybridized carbons (Fsp3) is 0.417. The first-order valence-electron chi connectivity index (χ1n) is 10.8. The van der Waals surface area contributed by atoms with Gasteiger partial charge in [0.25, 0.3) is 5.91 Å².